The number of thiazole rings is 1. The lowest BCUT2D eigenvalue weighted by Crippen LogP contribution is -2.32. The topological polar surface area (TPSA) is 68.3 Å². The summed E-state index contributed by atoms with van der Waals surface area (Å²) in [6, 6.07) is 25.2. The fourth-order valence-electron chi connectivity index (χ4n) is 4.29. The van der Waals surface area contributed by atoms with Crippen LogP contribution in [0.5, 0.6) is 0 Å². The molecule has 0 radical (unpaired) electrons. The molecule has 0 aliphatic heterocycles. The number of anilines is 1. The SMILES string of the molecule is CCC(OC(=O)c1cccc2cccc(-c3nc4ccccc4s3)c12)C(=O)Nc1cccc(C)c1C. The third kappa shape index (κ3) is 4.48. The van der Waals surface area contributed by atoms with Crippen LogP contribution in [0.25, 0.3) is 31.6 Å². The van der Waals surface area contributed by atoms with E-state index in [1.165, 1.54) is 0 Å². The van der Waals surface area contributed by atoms with Crippen LogP contribution in [-0.4, -0.2) is 23.0 Å². The van der Waals surface area contributed by atoms with E-state index >= 15 is 0 Å². The minimum absolute atomic E-state index is 0.341. The molecule has 0 spiro atoms. The second kappa shape index (κ2) is 9.91. The molecule has 5 nitrogen and oxygen atoms in total. The lowest BCUT2D eigenvalue weighted by atomic mass is 9.99. The van der Waals surface area contributed by atoms with E-state index in [9.17, 15) is 9.59 Å². The van der Waals surface area contributed by atoms with E-state index in [-0.39, 0.29) is 5.91 Å². The number of ether oxygens (including phenoxy) is 1. The highest BCUT2D eigenvalue weighted by atomic mass is 32.1. The molecule has 6 heteroatoms. The third-order valence-electron chi connectivity index (χ3n) is 6.42. The van der Waals surface area contributed by atoms with Crippen LogP contribution < -0.4 is 5.32 Å². The van der Waals surface area contributed by atoms with E-state index in [1.54, 1.807) is 17.4 Å². The first kappa shape index (κ1) is 23.7. The van der Waals surface area contributed by atoms with Gasteiger partial charge in [0.2, 0.25) is 0 Å². The molecule has 1 unspecified atom stereocenters. The quantitative estimate of drug-likeness (QED) is 0.251. The second-order valence-corrected chi connectivity index (χ2v) is 9.77. The number of hydrogen-bond acceptors (Lipinski definition) is 5. The van der Waals surface area contributed by atoms with Crippen molar-refractivity contribution >= 4 is 49.9 Å². The van der Waals surface area contributed by atoms with Gasteiger partial charge >= 0.3 is 5.97 Å². The normalized spacial score (nSPS) is 12.0. The molecule has 180 valence electrons. The number of aromatic nitrogens is 1. The van der Waals surface area contributed by atoms with E-state index < -0.39 is 12.1 Å². The van der Waals surface area contributed by atoms with Crippen molar-refractivity contribution in [3.63, 3.8) is 0 Å². The summed E-state index contributed by atoms with van der Waals surface area (Å²) in [4.78, 5) is 31.3. The van der Waals surface area contributed by atoms with Crippen LogP contribution >= 0.6 is 11.3 Å². The molecule has 5 rings (SSSR count). The van der Waals surface area contributed by atoms with Gasteiger partial charge in [0.1, 0.15) is 5.01 Å². The van der Waals surface area contributed by atoms with Gasteiger partial charge in [-0.25, -0.2) is 9.78 Å². The highest BCUT2D eigenvalue weighted by Gasteiger charge is 2.25. The van der Waals surface area contributed by atoms with Crippen molar-refractivity contribution in [1.82, 2.24) is 4.98 Å². The molecule has 4 aromatic carbocycles. The standard InChI is InChI=1S/C30H26N2O3S/c1-4-25(28(33)31-23-16-7-10-18(2)19(23)3)35-30(34)22-14-9-12-20-11-8-13-21(27(20)22)29-32-24-15-5-6-17-26(24)36-29/h5-17,25H,4H2,1-3H3,(H,31,33). The van der Waals surface area contributed by atoms with Gasteiger partial charge in [0.15, 0.2) is 6.10 Å². The van der Waals surface area contributed by atoms with Crippen molar-refractivity contribution in [3.8, 4) is 10.6 Å². The number of esters is 1. The Balaban J connectivity index is 1.48. The minimum Gasteiger partial charge on any atom is -0.449 e. The Morgan fingerprint density at radius 3 is 2.47 bits per heavy atom. The zero-order valence-corrected chi connectivity index (χ0v) is 21.2. The molecule has 0 fully saturated rings. The first-order chi connectivity index (χ1) is 17.5. The van der Waals surface area contributed by atoms with Crippen molar-refractivity contribution < 1.29 is 14.3 Å². The number of nitrogens with zero attached hydrogens (tertiary/aromatic N) is 1. The molecule has 0 aliphatic rings. The number of hydrogen-bond donors (Lipinski definition) is 1. The number of carbonyl (C=O) groups excluding carboxylic acids is 2. The lowest BCUT2D eigenvalue weighted by molar-refractivity contribution is -0.124. The van der Waals surface area contributed by atoms with Gasteiger partial charge in [0.25, 0.3) is 5.91 Å². The van der Waals surface area contributed by atoms with Gasteiger partial charge in [-0.2, -0.15) is 0 Å². The van der Waals surface area contributed by atoms with E-state index in [0.29, 0.717) is 12.0 Å². The molecule has 1 amide bonds. The van der Waals surface area contributed by atoms with Crippen molar-refractivity contribution in [2.24, 2.45) is 0 Å². The van der Waals surface area contributed by atoms with Crippen LogP contribution in [0.1, 0.15) is 34.8 Å². The number of amides is 1. The fraction of sp³-hybridized carbons (Fsp3) is 0.167. The van der Waals surface area contributed by atoms with Crippen LogP contribution in [0, 0.1) is 13.8 Å². The van der Waals surface area contributed by atoms with Crippen LogP contribution in [0.3, 0.4) is 0 Å². The summed E-state index contributed by atoms with van der Waals surface area (Å²) in [5, 5.41) is 5.44. The fourth-order valence-corrected chi connectivity index (χ4v) is 5.29. The molecule has 0 aliphatic carbocycles. The summed E-state index contributed by atoms with van der Waals surface area (Å²) in [5.41, 5.74) is 4.99. The van der Waals surface area contributed by atoms with Crippen LogP contribution in [0.15, 0.2) is 78.9 Å². The van der Waals surface area contributed by atoms with E-state index in [0.717, 1.165) is 48.4 Å². The van der Waals surface area contributed by atoms with Gasteiger partial charge < -0.3 is 10.1 Å². The second-order valence-electron chi connectivity index (χ2n) is 8.73. The molecular weight excluding hydrogens is 468 g/mol. The molecule has 1 aromatic heterocycles. The summed E-state index contributed by atoms with van der Waals surface area (Å²) in [7, 11) is 0. The van der Waals surface area contributed by atoms with Crippen molar-refractivity contribution in [2.75, 3.05) is 5.32 Å². The van der Waals surface area contributed by atoms with E-state index in [2.05, 4.69) is 5.32 Å². The molecule has 1 atom stereocenters. The minimum atomic E-state index is -0.915. The average molecular weight is 495 g/mol. The molecule has 0 saturated heterocycles. The van der Waals surface area contributed by atoms with Gasteiger partial charge in [-0.1, -0.05) is 61.5 Å². The summed E-state index contributed by atoms with van der Waals surface area (Å²) in [6.45, 7) is 5.78. The molecule has 36 heavy (non-hydrogen) atoms. The van der Waals surface area contributed by atoms with Crippen LogP contribution in [0.2, 0.25) is 0 Å². The van der Waals surface area contributed by atoms with Gasteiger partial charge in [-0.15, -0.1) is 11.3 Å². The summed E-state index contributed by atoms with van der Waals surface area (Å²) < 4.78 is 6.86. The van der Waals surface area contributed by atoms with Gasteiger partial charge in [0, 0.05) is 16.6 Å². The van der Waals surface area contributed by atoms with Gasteiger partial charge in [-0.05, 0) is 61.0 Å². The zero-order chi connectivity index (χ0) is 25.2. The van der Waals surface area contributed by atoms with E-state index in [4.69, 9.17) is 9.72 Å². The first-order valence-corrected chi connectivity index (χ1v) is 12.7. The number of rotatable bonds is 6. The zero-order valence-electron chi connectivity index (χ0n) is 20.4. The van der Waals surface area contributed by atoms with Crippen LogP contribution in [-0.2, 0) is 9.53 Å². The molecule has 1 heterocycles. The number of benzene rings is 4. The molecule has 5 aromatic rings. The van der Waals surface area contributed by atoms with Gasteiger partial charge in [0.05, 0.1) is 15.8 Å². The maximum absolute atomic E-state index is 13.4. The number of fused-ring (bicyclic) bond motifs is 2. The Morgan fingerprint density at radius 1 is 0.944 bits per heavy atom. The maximum Gasteiger partial charge on any atom is 0.339 e. The number of aryl methyl sites for hydroxylation is 1. The predicted octanol–water partition coefficient (Wildman–Crippen LogP) is 7.31. The van der Waals surface area contributed by atoms with Crippen molar-refractivity contribution in [1.29, 1.82) is 0 Å². The summed E-state index contributed by atoms with van der Waals surface area (Å²) in [5.74, 6) is -0.872. The van der Waals surface area contributed by atoms with Crippen molar-refractivity contribution in [3.05, 3.63) is 95.6 Å². The highest BCUT2D eigenvalue weighted by molar-refractivity contribution is 7.21. The molecule has 0 saturated carbocycles. The first-order valence-electron chi connectivity index (χ1n) is 11.9. The summed E-state index contributed by atoms with van der Waals surface area (Å²) in [6.07, 6.45) is -0.555. The number of para-hydroxylation sites is 1. The monoisotopic (exact) mass is 494 g/mol. The highest BCUT2D eigenvalue weighted by Crippen LogP contribution is 2.36. The molecule has 0 bridgehead atoms. The number of carbonyl (C=O) groups is 2. The lowest BCUT2D eigenvalue weighted by Gasteiger charge is -2.18. The largest absolute Gasteiger partial charge is 0.449 e. The Labute approximate surface area is 213 Å². The number of nitrogens with one attached hydrogen (secondary N) is 1. The maximum atomic E-state index is 13.4. The van der Waals surface area contributed by atoms with Crippen molar-refractivity contribution in [2.45, 2.75) is 33.3 Å². The molecular formula is C30H26N2O3S. The predicted molar refractivity (Wildman–Crippen MR) is 147 cm³/mol. The molecule has 1 N–H and O–H groups in total. The van der Waals surface area contributed by atoms with E-state index in [1.807, 2.05) is 93.6 Å². The Hall–Kier alpha value is -4.03. The Morgan fingerprint density at radius 2 is 1.69 bits per heavy atom. The average Bonchev–Trinajstić information content (AvgIpc) is 3.33. The smallest absolute Gasteiger partial charge is 0.339 e. The third-order valence-corrected chi connectivity index (χ3v) is 7.49. The summed E-state index contributed by atoms with van der Waals surface area (Å²) >= 11 is 1.59. The Bertz CT molecular complexity index is 1570. The van der Waals surface area contributed by atoms with Gasteiger partial charge in [-0.3, -0.25) is 4.79 Å². The Kier molecular flexibility index (Phi) is 6.53. The van der Waals surface area contributed by atoms with Crippen LogP contribution in [0.4, 0.5) is 5.69 Å².